The lowest BCUT2D eigenvalue weighted by atomic mass is 10.1. The maximum atomic E-state index is 11.5. The Balaban J connectivity index is 2.91. The lowest BCUT2D eigenvalue weighted by Crippen LogP contribution is -2.00. The third-order valence-corrected chi connectivity index (χ3v) is 3.67. The Bertz CT molecular complexity index is 577. The first-order valence-corrected chi connectivity index (χ1v) is 6.38. The number of rotatable bonds is 2. The monoisotopic (exact) mass is 348 g/mol. The van der Waals surface area contributed by atoms with Crippen molar-refractivity contribution in [2.75, 3.05) is 0 Å². The van der Waals surface area contributed by atoms with Gasteiger partial charge in [-0.15, -0.1) is 0 Å². The maximum absolute atomic E-state index is 11.5. The average molecular weight is 349 g/mol. The van der Waals surface area contributed by atoms with Crippen LogP contribution in [0.3, 0.4) is 0 Å². The molecule has 0 radical (unpaired) electrons. The molecule has 2 aromatic rings. The van der Waals surface area contributed by atoms with Gasteiger partial charge in [0.1, 0.15) is 3.70 Å². The Morgan fingerprint density at radius 1 is 1.56 bits per heavy atom. The molecule has 0 saturated heterocycles. The molecule has 0 amide bonds. The van der Waals surface area contributed by atoms with Gasteiger partial charge >= 0.3 is 0 Å². The smallest absolute Gasteiger partial charge is 0.162 e. The van der Waals surface area contributed by atoms with Gasteiger partial charge in [-0.2, -0.15) is 5.10 Å². The quantitative estimate of drug-likeness (QED) is 0.474. The van der Waals surface area contributed by atoms with E-state index in [-0.39, 0.29) is 5.78 Å². The molecule has 2 rings (SSSR count). The van der Waals surface area contributed by atoms with Gasteiger partial charge in [0.15, 0.2) is 5.78 Å². The zero-order valence-electron chi connectivity index (χ0n) is 8.92. The lowest BCUT2D eigenvalue weighted by molar-refractivity contribution is 0.101. The summed E-state index contributed by atoms with van der Waals surface area (Å²) in [5, 5.41) is 4.99. The van der Waals surface area contributed by atoms with Gasteiger partial charge in [0.25, 0.3) is 0 Å². The van der Waals surface area contributed by atoms with Crippen LogP contribution in [-0.2, 0) is 6.42 Å². The summed E-state index contributed by atoms with van der Waals surface area (Å²) in [7, 11) is 0. The number of hydrogen-bond donors (Lipinski definition) is 0. The van der Waals surface area contributed by atoms with E-state index in [9.17, 15) is 4.79 Å². The highest BCUT2D eigenvalue weighted by Crippen LogP contribution is 2.27. The number of aromatic nitrogens is 2. The van der Waals surface area contributed by atoms with Gasteiger partial charge in [-0.05, 0) is 48.1 Å². The van der Waals surface area contributed by atoms with Gasteiger partial charge in [0.2, 0.25) is 0 Å². The summed E-state index contributed by atoms with van der Waals surface area (Å²) in [6, 6.07) is 3.67. The highest BCUT2D eigenvalue weighted by Gasteiger charge is 2.16. The molecule has 16 heavy (non-hydrogen) atoms. The van der Waals surface area contributed by atoms with Crippen molar-refractivity contribution in [2.24, 2.45) is 0 Å². The fourth-order valence-electron chi connectivity index (χ4n) is 1.64. The summed E-state index contributed by atoms with van der Waals surface area (Å²) < 4.78 is 2.68. The number of ketones is 1. The molecule has 0 fully saturated rings. The van der Waals surface area contributed by atoms with E-state index in [0.717, 1.165) is 21.3 Å². The summed E-state index contributed by atoms with van der Waals surface area (Å²) in [5.41, 5.74) is 2.17. The fraction of sp³-hybridized carbons (Fsp3) is 0.273. The number of pyridine rings is 1. The molecular weight excluding hydrogens is 338 g/mol. The molecule has 0 aliphatic rings. The molecule has 0 bridgehead atoms. The zero-order valence-corrected chi connectivity index (χ0v) is 11.8. The van der Waals surface area contributed by atoms with E-state index in [2.05, 4.69) is 27.7 Å². The van der Waals surface area contributed by atoms with Crippen molar-refractivity contribution in [3.8, 4) is 0 Å². The van der Waals surface area contributed by atoms with E-state index in [1.54, 1.807) is 10.6 Å². The van der Waals surface area contributed by atoms with Crippen LogP contribution >= 0.6 is 34.2 Å². The molecule has 0 aliphatic carbocycles. The zero-order chi connectivity index (χ0) is 11.9. The van der Waals surface area contributed by atoms with Crippen LogP contribution in [0.1, 0.15) is 29.9 Å². The van der Waals surface area contributed by atoms with Crippen LogP contribution in [0.2, 0.25) is 5.02 Å². The van der Waals surface area contributed by atoms with Crippen LogP contribution < -0.4 is 0 Å². The molecule has 0 aliphatic heterocycles. The predicted molar refractivity (Wildman–Crippen MR) is 72.3 cm³/mol. The standard InChI is InChI=1S/C11H10ClIN2O/c1-3-8-10(12)11-7(6(2)16)4-5-9(13)15(11)14-8/h4-5H,3H2,1-2H3. The van der Waals surface area contributed by atoms with Crippen molar-refractivity contribution in [2.45, 2.75) is 20.3 Å². The minimum absolute atomic E-state index is 0.00542. The number of hydrogen-bond acceptors (Lipinski definition) is 2. The van der Waals surface area contributed by atoms with Crippen LogP contribution in [0.5, 0.6) is 0 Å². The molecular formula is C11H10ClIN2O. The van der Waals surface area contributed by atoms with Crippen LogP contribution in [0.25, 0.3) is 5.52 Å². The minimum Gasteiger partial charge on any atom is -0.294 e. The van der Waals surface area contributed by atoms with Crippen molar-refractivity contribution in [1.29, 1.82) is 0 Å². The van der Waals surface area contributed by atoms with Crippen LogP contribution in [0, 0.1) is 3.70 Å². The number of fused-ring (bicyclic) bond motifs is 1. The number of carbonyl (C=O) groups is 1. The molecule has 3 nitrogen and oxygen atoms in total. The highest BCUT2D eigenvalue weighted by molar-refractivity contribution is 14.1. The van der Waals surface area contributed by atoms with Crippen LogP contribution in [0.15, 0.2) is 12.1 Å². The van der Waals surface area contributed by atoms with E-state index in [4.69, 9.17) is 11.6 Å². The fourth-order valence-corrected chi connectivity index (χ4v) is 2.52. The summed E-state index contributed by atoms with van der Waals surface area (Å²) in [6.45, 7) is 3.53. The van der Waals surface area contributed by atoms with Gasteiger partial charge in [0.05, 0.1) is 16.2 Å². The molecule has 0 unspecified atom stereocenters. The third kappa shape index (κ3) is 1.73. The molecule has 2 heterocycles. The predicted octanol–water partition coefficient (Wildman–Crippen LogP) is 3.36. The Kier molecular flexibility index (Phi) is 3.21. The highest BCUT2D eigenvalue weighted by atomic mass is 127. The van der Waals surface area contributed by atoms with Gasteiger partial charge < -0.3 is 0 Å². The maximum Gasteiger partial charge on any atom is 0.162 e. The molecule has 2 aromatic heterocycles. The lowest BCUT2D eigenvalue weighted by Gasteiger charge is -2.02. The normalized spacial score (nSPS) is 11.0. The van der Waals surface area contributed by atoms with Crippen molar-refractivity contribution in [3.63, 3.8) is 0 Å². The third-order valence-electron chi connectivity index (χ3n) is 2.45. The Morgan fingerprint density at radius 2 is 2.25 bits per heavy atom. The summed E-state index contributed by atoms with van der Waals surface area (Å²) in [4.78, 5) is 11.5. The molecule has 5 heteroatoms. The van der Waals surface area contributed by atoms with Crippen LogP contribution in [0.4, 0.5) is 0 Å². The first-order valence-electron chi connectivity index (χ1n) is 4.92. The Morgan fingerprint density at radius 3 is 2.81 bits per heavy atom. The summed E-state index contributed by atoms with van der Waals surface area (Å²) in [6.07, 6.45) is 0.758. The van der Waals surface area contributed by atoms with Gasteiger partial charge in [-0.1, -0.05) is 18.5 Å². The second kappa shape index (κ2) is 4.33. The second-order valence-corrected chi connectivity index (χ2v) is 4.98. The molecule has 0 atom stereocenters. The second-order valence-electron chi connectivity index (χ2n) is 3.50. The number of halogens is 2. The van der Waals surface area contributed by atoms with E-state index in [1.165, 1.54) is 6.92 Å². The van der Waals surface area contributed by atoms with Crippen molar-refractivity contribution in [1.82, 2.24) is 9.61 Å². The van der Waals surface area contributed by atoms with Crippen molar-refractivity contribution < 1.29 is 4.79 Å². The summed E-state index contributed by atoms with van der Waals surface area (Å²) >= 11 is 8.41. The van der Waals surface area contributed by atoms with Gasteiger partial charge in [-0.3, -0.25) is 4.79 Å². The van der Waals surface area contributed by atoms with E-state index in [1.807, 2.05) is 13.0 Å². The molecule has 0 aromatic carbocycles. The topological polar surface area (TPSA) is 34.4 Å². The van der Waals surface area contributed by atoms with Crippen LogP contribution in [-0.4, -0.2) is 15.4 Å². The Hall–Kier alpha value is -0.620. The van der Waals surface area contributed by atoms with E-state index in [0.29, 0.717) is 10.6 Å². The molecule has 84 valence electrons. The number of carbonyl (C=O) groups excluding carboxylic acids is 1. The van der Waals surface area contributed by atoms with Crippen molar-refractivity contribution >= 4 is 45.5 Å². The summed E-state index contributed by atoms with van der Waals surface area (Å²) in [5.74, 6) is 0.00542. The van der Waals surface area contributed by atoms with E-state index < -0.39 is 0 Å². The minimum atomic E-state index is 0.00542. The average Bonchev–Trinajstić information content (AvgIpc) is 2.57. The first-order chi connectivity index (χ1) is 7.56. The number of Topliss-reactive ketones (excluding diaryl/α,β-unsaturated/α-hetero) is 1. The largest absolute Gasteiger partial charge is 0.294 e. The Labute approximate surface area is 112 Å². The number of aryl methyl sites for hydroxylation is 1. The molecule has 0 spiro atoms. The van der Waals surface area contributed by atoms with E-state index >= 15 is 0 Å². The SMILES string of the molecule is CCc1nn2c(I)ccc(C(C)=O)c2c1Cl. The first kappa shape index (κ1) is 11.9. The van der Waals surface area contributed by atoms with Crippen molar-refractivity contribution in [3.05, 3.63) is 32.1 Å². The van der Waals surface area contributed by atoms with Gasteiger partial charge in [-0.25, -0.2) is 4.52 Å². The molecule has 0 N–H and O–H groups in total. The van der Waals surface area contributed by atoms with Gasteiger partial charge in [0, 0.05) is 5.56 Å². The number of nitrogens with zero attached hydrogens (tertiary/aromatic N) is 2. The molecule has 0 saturated carbocycles.